The number of carboxylic acid groups (broad SMARTS) is 1. The van der Waals surface area contributed by atoms with Crippen LogP contribution < -0.4 is 11.5 Å². The lowest BCUT2D eigenvalue weighted by atomic mass is 9.71. The second kappa shape index (κ2) is 21.2. The normalized spacial score (nSPS) is 21.1. The van der Waals surface area contributed by atoms with Crippen molar-refractivity contribution in [2.75, 3.05) is 0 Å². The van der Waals surface area contributed by atoms with Crippen LogP contribution >= 0.6 is 12.4 Å². The van der Waals surface area contributed by atoms with E-state index in [0.29, 0.717) is 25.0 Å². The third-order valence-electron chi connectivity index (χ3n) is 4.69. The first kappa shape index (κ1) is 41.9. The Balaban J connectivity index is -0.000000116. The van der Waals surface area contributed by atoms with E-state index in [-0.39, 0.29) is 65.0 Å². The molecule has 200 valence electrons. The van der Waals surface area contributed by atoms with Gasteiger partial charge in [-0.25, -0.2) is 0 Å². The van der Waals surface area contributed by atoms with Crippen molar-refractivity contribution in [2.45, 2.75) is 103 Å². The average Bonchev–Trinajstić information content (AvgIpc) is 2.52. The van der Waals surface area contributed by atoms with Gasteiger partial charge in [-0.2, -0.15) is 9.59 Å². The predicted octanol–water partition coefficient (Wildman–Crippen LogP) is 2.20. The van der Waals surface area contributed by atoms with Crippen molar-refractivity contribution in [3.63, 3.8) is 0 Å². The quantitative estimate of drug-likeness (QED) is 0.440. The number of hydrogen-bond acceptors (Lipinski definition) is 9. The number of aliphatic carboxylic acids is 1. The highest BCUT2D eigenvalue weighted by atomic mass is 35.5. The molecule has 7 N–H and O–H groups in total. The minimum Gasteiger partial charge on any atom is -0.481 e. The number of carboxylic acids is 1. The Morgan fingerprint density at radius 3 is 1.50 bits per heavy atom. The van der Waals surface area contributed by atoms with Gasteiger partial charge < -0.3 is 31.6 Å². The first-order valence-corrected chi connectivity index (χ1v) is 10.2. The number of rotatable bonds is 6. The van der Waals surface area contributed by atoms with Crippen LogP contribution in [0.3, 0.4) is 0 Å². The molecule has 0 radical (unpaired) electrons. The standard InChI is InChI=1S/C10H17NO.C7H12O2.C4H6O3.CO2.ClH.H3N.H2O/c1-9-4-3-5-10(2,11-9)7-8(12)6-9;1-6(8)4-3-5-7(2)9;1-3(5)2-4(6)7;2-1-3;;;/h11H,3-7H2,1-2H3;3-5H2,1-2H3;2H2,1H3,(H,6,7);;1H;1H3;1H2. The van der Waals surface area contributed by atoms with Crippen LogP contribution in [0.5, 0.6) is 0 Å². The number of carbonyl (C=O) groups excluding carboxylic acids is 6. The van der Waals surface area contributed by atoms with Crippen LogP contribution in [0, 0.1) is 0 Å². The van der Waals surface area contributed by atoms with Crippen LogP contribution in [0.2, 0.25) is 0 Å². The van der Waals surface area contributed by atoms with E-state index >= 15 is 0 Å². The van der Waals surface area contributed by atoms with Crippen molar-refractivity contribution in [1.82, 2.24) is 11.5 Å². The molecule has 0 aliphatic carbocycles. The highest BCUT2D eigenvalue weighted by Gasteiger charge is 2.44. The Morgan fingerprint density at radius 2 is 1.26 bits per heavy atom. The maximum Gasteiger partial charge on any atom is 0.373 e. The number of nitrogens with one attached hydrogen (secondary N) is 1. The Labute approximate surface area is 207 Å². The van der Waals surface area contributed by atoms with Gasteiger partial charge in [-0.1, -0.05) is 0 Å². The van der Waals surface area contributed by atoms with Crippen LogP contribution in [0.4, 0.5) is 0 Å². The van der Waals surface area contributed by atoms with Crippen molar-refractivity contribution < 1.29 is 44.1 Å². The van der Waals surface area contributed by atoms with Gasteiger partial charge in [0.1, 0.15) is 29.6 Å². The molecule has 0 amide bonds. The van der Waals surface area contributed by atoms with Gasteiger partial charge in [0.05, 0.1) is 0 Å². The molecule has 2 bridgehead atoms. The molecule has 0 spiro atoms. The highest BCUT2D eigenvalue weighted by molar-refractivity contribution is 5.93. The van der Waals surface area contributed by atoms with Gasteiger partial charge in [-0.3, -0.25) is 14.4 Å². The van der Waals surface area contributed by atoms with Crippen molar-refractivity contribution in [1.29, 1.82) is 0 Å². The topological polar surface area (TPSA) is 218 Å². The Bertz CT molecular complexity index is 648. The number of ketones is 4. The zero-order chi connectivity index (χ0) is 24.7. The SMILES string of the molecule is CC(=O)CC(=O)O.CC(=O)CCCC(C)=O.CC12CCCC(C)(CC(=O)C1)N2.Cl.N.O.O=C=O. The van der Waals surface area contributed by atoms with E-state index in [1.54, 1.807) is 13.8 Å². The monoisotopic (exact) mass is 512 g/mol. The fourth-order valence-corrected chi connectivity index (χ4v) is 3.72. The minimum atomic E-state index is -1.06. The van der Waals surface area contributed by atoms with Gasteiger partial charge in [-0.15, -0.1) is 12.4 Å². The number of halogens is 1. The number of piperidine rings is 2. The Kier molecular flexibility index (Phi) is 26.2. The first-order valence-electron chi connectivity index (χ1n) is 10.2. The molecule has 0 aromatic rings. The maximum absolute atomic E-state index is 11.4. The summed E-state index contributed by atoms with van der Waals surface area (Å²) >= 11 is 0. The number of carbonyl (C=O) groups is 5. The van der Waals surface area contributed by atoms with Crippen LogP contribution in [-0.4, -0.2) is 56.9 Å². The molecule has 0 aromatic heterocycles. The number of fused-ring (bicyclic) bond motifs is 2. The molecular formula is C22H41ClN2O9. The van der Waals surface area contributed by atoms with E-state index in [4.69, 9.17) is 14.7 Å². The molecule has 2 rings (SSSR count). The number of hydrogen-bond donors (Lipinski definition) is 3. The third-order valence-corrected chi connectivity index (χ3v) is 4.69. The molecule has 2 heterocycles. The summed E-state index contributed by atoms with van der Waals surface area (Å²) in [5.41, 5.74) is 0.227. The molecule has 2 saturated heterocycles. The average molecular weight is 513 g/mol. The summed E-state index contributed by atoms with van der Waals surface area (Å²) in [6.45, 7) is 8.69. The lowest BCUT2D eigenvalue weighted by Crippen LogP contribution is -2.63. The lowest BCUT2D eigenvalue weighted by molar-refractivity contribution is -0.191. The fraction of sp³-hybridized carbons (Fsp3) is 0.727. The zero-order valence-electron chi connectivity index (χ0n) is 20.8. The van der Waals surface area contributed by atoms with Gasteiger partial charge >= 0.3 is 12.1 Å². The molecule has 2 fully saturated rings. The summed E-state index contributed by atoms with van der Waals surface area (Å²) in [5, 5.41) is 11.5. The lowest BCUT2D eigenvalue weighted by Gasteiger charge is -2.50. The molecule has 11 nitrogen and oxygen atoms in total. The second-order valence-electron chi connectivity index (χ2n) is 8.61. The molecule has 0 aromatic carbocycles. The highest BCUT2D eigenvalue weighted by Crippen LogP contribution is 2.37. The van der Waals surface area contributed by atoms with Crippen molar-refractivity contribution in [2.24, 2.45) is 0 Å². The first-order chi connectivity index (χ1) is 14.2. The van der Waals surface area contributed by atoms with E-state index < -0.39 is 5.97 Å². The summed E-state index contributed by atoms with van der Waals surface area (Å²) in [5.74, 6) is -0.606. The van der Waals surface area contributed by atoms with Crippen LogP contribution in [0.25, 0.3) is 0 Å². The molecule has 2 aliphatic rings. The molecule has 2 unspecified atom stereocenters. The Hall–Kier alpha value is -2.30. The summed E-state index contributed by atoms with van der Waals surface area (Å²) in [6, 6.07) is 0. The number of Topliss-reactive ketones (excluding diaryl/α,β-unsaturated/α-hetero) is 4. The van der Waals surface area contributed by atoms with Crippen molar-refractivity contribution in [3.8, 4) is 0 Å². The summed E-state index contributed by atoms with van der Waals surface area (Å²) in [6.07, 6.45) is 6.75. The van der Waals surface area contributed by atoms with Crippen LogP contribution in [0.1, 0.15) is 92.4 Å². The van der Waals surface area contributed by atoms with E-state index in [2.05, 4.69) is 19.2 Å². The molecule has 12 heteroatoms. The summed E-state index contributed by atoms with van der Waals surface area (Å²) in [7, 11) is 0. The smallest absolute Gasteiger partial charge is 0.373 e. The van der Waals surface area contributed by atoms with E-state index in [0.717, 1.165) is 25.7 Å². The second-order valence-corrected chi connectivity index (χ2v) is 8.61. The summed E-state index contributed by atoms with van der Waals surface area (Å²) < 4.78 is 0. The molecular weight excluding hydrogens is 472 g/mol. The minimum absolute atomic E-state index is 0. The summed E-state index contributed by atoms with van der Waals surface area (Å²) in [4.78, 5) is 67.8. The zero-order valence-corrected chi connectivity index (χ0v) is 21.6. The van der Waals surface area contributed by atoms with E-state index in [9.17, 15) is 24.0 Å². The Morgan fingerprint density at radius 1 is 0.912 bits per heavy atom. The van der Waals surface area contributed by atoms with Gasteiger partial charge in [0.25, 0.3) is 0 Å². The van der Waals surface area contributed by atoms with Gasteiger partial charge in [0.15, 0.2) is 0 Å². The van der Waals surface area contributed by atoms with E-state index in [1.165, 1.54) is 13.3 Å². The van der Waals surface area contributed by atoms with E-state index in [1.807, 2.05) is 0 Å². The van der Waals surface area contributed by atoms with Gasteiger partial charge in [0.2, 0.25) is 0 Å². The third kappa shape index (κ3) is 24.3. The van der Waals surface area contributed by atoms with Crippen LogP contribution in [0.15, 0.2) is 0 Å². The maximum atomic E-state index is 11.4. The van der Waals surface area contributed by atoms with Gasteiger partial charge in [0, 0.05) is 36.8 Å². The molecule has 34 heavy (non-hydrogen) atoms. The molecule has 0 saturated carbocycles. The molecule has 2 aliphatic heterocycles. The van der Waals surface area contributed by atoms with Crippen molar-refractivity contribution in [3.05, 3.63) is 0 Å². The van der Waals surface area contributed by atoms with Gasteiger partial charge in [-0.05, 0) is 60.3 Å². The fourth-order valence-electron chi connectivity index (χ4n) is 3.72. The van der Waals surface area contributed by atoms with Crippen molar-refractivity contribution >= 4 is 47.7 Å². The van der Waals surface area contributed by atoms with Crippen LogP contribution in [-0.2, 0) is 33.6 Å². The molecule has 2 atom stereocenters. The largest absolute Gasteiger partial charge is 0.481 e. The predicted molar refractivity (Wildman–Crippen MR) is 127 cm³/mol.